The number of hydrogen-bond donors (Lipinski definition) is 2. The van der Waals surface area contributed by atoms with Crippen LogP contribution in [-0.4, -0.2) is 39.2 Å². The number of primary amides is 1. The fraction of sp³-hybridized carbons (Fsp3) is 0.429. The third-order valence-electron chi connectivity index (χ3n) is 3.81. The lowest BCUT2D eigenvalue weighted by molar-refractivity contribution is 0.1000. The number of aromatic amines is 1. The Bertz CT molecular complexity index is 700. The van der Waals surface area contributed by atoms with Crippen LogP contribution in [0.1, 0.15) is 40.8 Å². The van der Waals surface area contributed by atoms with Gasteiger partial charge in [0, 0.05) is 25.2 Å². The molecule has 1 aliphatic rings. The van der Waals surface area contributed by atoms with Gasteiger partial charge in [0.2, 0.25) is 5.91 Å². The van der Waals surface area contributed by atoms with Crippen LogP contribution in [0.15, 0.2) is 12.3 Å². The van der Waals surface area contributed by atoms with Crippen LogP contribution in [0.2, 0.25) is 5.02 Å². The molecule has 1 fully saturated rings. The summed E-state index contributed by atoms with van der Waals surface area (Å²) in [5.41, 5.74) is 5.55. The van der Waals surface area contributed by atoms with E-state index in [1.165, 1.54) is 6.20 Å². The van der Waals surface area contributed by atoms with E-state index in [4.69, 9.17) is 17.3 Å². The second kappa shape index (κ2) is 5.92. The van der Waals surface area contributed by atoms with E-state index in [1.54, 1.807) is 6.07 Å². The molecule has 1 amide bonds. The lowest BCUT2D eigenvalue weighted by Gasteiger charge is -2.32. The summed E-state index contributed by atoms with van der Waals surface area (Å²) in [6.07, 6.45) is 3.50. The van der Waals surface area contributed by atoms with E-state index in [9.17, 15) is 4.79 Å². The first-order valence-corrected chi connectivity index (χ1v) is 7.51. The first-order valence-electron chi connectivity index (χ1n) is 7.14. The van der Waals surface area contributed by atoms with E-state index in [2.05, 4.69) is 25.1 Å². The molecule has 1 atom stereocenters. The van der Waals surface area contributed by atoms with Crippen LogP contribution in [0.5, 0.6) is 0 Å². The molecule has 3 N–H and O–H groups in total. The van der Waals surface area contributed by atoms with Crippen LogP contribution in [0.25, 0.3) is 0 Å². The number of H-pyrrole nitrogens is 1. The minimum absolute atomic E-state index is 0.243. The molecule has 0 radical (unpaired) electrons. The van der Waals surface area contributed by atoms with Gasteiger partial charge >= 0.3 is 0 Å². The van der Waals surface area contributed by atoms with Gasteiger partial charge in [0.1, 0.15) is 11.6 Å². The summed E-state index contributed by atoms with van der Waals surface area (Å²) in [4.78, 5) is 22.0. The molecular formula is C14H17ClN6O. The van der Waals surface area contributed by atoms with Crippen LogP contribution in [0.4, 0.5) is 5.82 Å². The summed E-state index contributed by atoms with van der Waals surface area (Å²) in [5, 5.41) is 7.56. The number of hydrogen-bond acceptors (Lipinski definition) is 5. The molecule has 8 heteroatoms. The van der Waals surface area contributed by atoms with Gasteiger partial charge in [0.15, 0.2) is 5.82 Å². The summed E-state index contributed by atoms with van der Waals surface area (Å²) >= 11 is 6.26. The average molecular weight is 321 g/mol. The molecule has 116 valence electrons. The number of nitrogens with one attached hydrogen (secondary N) is 1. The number of aryl methyl sites for hydroxylation is 1. The van der Waals surface area contributed by atoms with E-state index in [0.29, 0.717) is 16.4 Å². The standard InChI is InChI=1S/C14H17ClN6O/c1-8-18-13(20-19-8)9-3-2-4-21(7-9)14-11(15)5-10(6-17-14)12(16)22/h5-6,9H,2-4,7H2,1H3,(H2,16,22)(H,18,19,20). The maximum Gasteiger partial charge on any atom is 0.250 e. The van der Waals surface area contributed by atoms with Crippen molar-refractivity contribution in [2.24, 2.45) is 5.73 Å². The van der Waals surface area contributed by atoms with Crippen LogP contribution < -0.4 is 10.6 Å². The Morgan fingerprint density at radius 3 is 3.00 bits per heavy atom. The molecule has 0 aliphatic carbocycles. The highest BCUT2D eigenvalue weighted by Gasteiger charge is 2.26. The Morgan fingerprint density at radius 1 is 1.55 bits per heavy atom. The minimum Gasteiger partial charge on any atom is -0.366 e. The van der Waals surface area contributed by atoms with Gasteiger partial charge in [-0.15, -0.1) is 0 Å². The van der Waals surface area contributed by atoms with Crippen molar-refractivity contribution in [3.8, 4) is 0 Å². The smallest absolute Gasteiger partial charge is 0.250 e. The van der Waals surface area contributed by atoms with Crippen molar-refractivity contribution in [3.63, 3.8) is 0 Å². The van der Waals surface area contributed by atoms with Gasteiger partial charge < -0.3 is 10.6 Å². The number of halogens is 1. The molecule has 3 rings (SSSR count). The molecule has 1 unspecified atom stereocenters. The van der Waals surface area contributed by atoms with Crippen molar-refractivity contribution >= 4 is 23.3 Å². The van der Waals surface area contributed by atoms with Crippen molar-refractivity contribution in [1.29, 1.82) is 0 Å². The zero-order valence-electron chi connectivity index (χ0n) is 12.2. The number of amides is 1. The summed E-state index contributed by atoms with van der Waals surface area (Å²) < 4.78 is 0. The predicted molar refractivity (Wildman–Crippen MR) is 83.1 cm³/mol. The zero-order chi connectivity index (χ0) is 15.7. The Hall–Kier alpha value is -2.15. The van der Waals surface area contributed by atoms with Gasteiger partial charge in [-0.1, -0.05) is 11.6 Å². The van der Waals surface area contributed by atoms with Crippen molar-refractivity contribution in [2.75, 3.05) is 18.0 Å². The molecule has 1 saturated heterocycles. The van der Waals surface area contributed by atoms with E-state index in [1.807, 2.05) is 6.92 Å². The predicted octanol–water partition coefficient (Wildman–Crippen LogP) is 1.64. The Morgan fingerprint density at radius 2 is 2.36 bits per heavy atom. The highest BCUT2D eigenvalue weighted by Crippen LogP contribution is 2.31. The van der Waals surface area contributed by atoms with Gasteiger partial charge in [-0.05, 0) is 25.8 Å². The summed E-state index contributed by atoms with van der Waals surface area (Å²) in [6, 6.07) is 1.56. The molecule has 7 nitrogen and oxygen atoms in total. The van der Waals surface area contributed by atoms with Gasteiger partial charge in [0.25, 0.3) is 0 Å². The second-order valence-electron chi connectivity index (χ2n) is 5.46. The molecule has 0 spiro atoms. The quantitative estimate of drug-likeness (QED) is 0.895. The van der Waals surface area contributed by atoms with Gasteiger partial charge in [-0.25, -0.2) is 9.97 Å². The Kier molecular flexibility index (Phi) is 3.98. The summed E-state index contributed by atoms with van der Waals surface area (Å²) in [5.74, 6) is 2.02. The normalized spacial score (nSPS) is 18.5. The monoisotopic (exact) mass is 320 g/mol. The zero-order valence-corrected chi connectivity index (χ0v) is 13.0. The summed E-state index contributed by atoms with van der Waals surface area (Å²) in [7, 11) is 0. The number of aromatic nitrogens is 4. The number of nitrogens with two attached hydrogens (primary N) is 1. The molecule has 3 heterocycles. The average Bonchev–Trinajstić information content (AvgIpc) is 2.94. The van der Waals surface area contributed by atoms with Crippen LogP contribution in [0.3, 0.4) is 0 Å². The van der Waals surface area contributed by atoms with Gasteiger partial charge in [-0.2, -0.15) is 5.10 Å². The number of pyridine rings is 1. The number of anilines is 1. The first kappa shape index (κ1) is 14.8. The molecular weight excluding hydrogens is 304 g/mol. The maximum absolute atomic E-state index is 11.2. The van der Waals surface area contributed by atoms with Gasteiger partial charge in [0.05, 0.1) is 10.6 Å². The molecule has 0 aromatic carbocycles. The van der Waals surface area contributed by atoms with Crippen LogP contribution in [-0.2, 0) is 0 Å². The third kappa shape index (κ3) is 2.89. The topological polar surface area (TPSA) is 101 Å². The van der Waals surface area contributed by atoms with Crippen molar-refractivity contribution in [2.45, 2.75) is 25.7 Å². The Balaban J connectivity index is 1.81. The van der Waals surface area contributed by atoms with Crippen molar-refractivity contribution in [1.82, 2.24) is 20.2 Å². The molecule has 2 aromatic heterocycles. The number of carbonyl (C=O) groups is 1. The minimum atomic E-state index is -0.534. The van der Waals surface area contributed by atoms with E-state index >= 15 is 0 Å². The second-order valence-corrected chi connectivity index (χ2v) is 5.87. The lowest BCUT2D eigenvalue weighted by Crippen LogP contribution is -2.35. The lowest BCUT2D eigenvalue weighted by atomic mass is 9.97. The molecule has 0 saturated carbocycles. The molecule has 2 aromatic rings. The first-order chi connectivity index (χ1) is 10.5. The SMILES string of the molecule is Cc1nc(C2CCCN(c3ncc(C(N)=O)cc3Cl)C2)n[nH]1. The molecule has 0 bridgehead atoms. The third-order valence-corrected chi connectivity index (χ3v) is 4.09. The van der Waals surface area contributed by atoms with E-state index in [0.717, 1.165) is 37.6 Å². The number of nitrogens with zero attached hydrogens (tertiary/aromatic N) is 4. The fourth-order valence-corrected chi connectivity index (χ4v) is 3.01. The fourth-order valence-electron chi connectivity index (χ4n) is 2.72. The number of piperidine rings is 1. The Labute approximate surface area is 132 Å². The van der Waals surface area contributed by atoms with Crippen LogP contribution >= 0.6 is 11.6 Å². The summed E-state index contributed by atoms with van der Waals surface area (Å²) in [6.45, 7) is 3.50. The van der Waals surface area contributed by atoms with Gasteiger partial charge in [-0.3, -0.25) is 9.89 Å². The number of carbonyl (C=O) groups excluding carboxylic acids is 1. The molecule has 1 aliphatic heterocycles. The van der Waals surface area contributed by atoms with E-state index < -0.39 is 5.91 Å². The molecule has 22 heavy (non-hydrogen) atoms. The van der Waals surface area contributed by atoms with Crippen molar-refractivity contribution < 1.29 is 4.79 Å². The number of rotatable bonds is 3. The van der Waals surface area contributed by atoms with Crippen LogP contribution in [0, 0.1) is 6.92 Å². The largest absolute Gasteiger partial charge is 0.366 e. The van der Waals surface area contributed by atoms with E-state index in [-0.39, 0.29) is 5.92 Å². The van der Waals surface area contributed by atoms with Crippen molar-refractivity contribution in [3.05, 3.63) is 34.5 Å². The maximum atomic E-state index is 11.2. The highest BCUT2D eigenvalue weighted by atomic mass is 35.5. The highest BCUT2D eigenvalue weighted by molar-refractivity contribution is 6.33.